The van der Waals surface area contributed by atoms with Gasteiger partial charge in [0.25, 0.3) is 0 Å². The largest absolute Gasteiger partial charge is 0.323 e. The average molecular weight is 344 g/mol. The number of nitrogens with zero attached hydrogens (tertiary/aromatic N) is 2. The normalized spacial score (nSPS) is 17.1. The molecule has 24 heavy (non-hydrogen) atoms. The summed E-state index contributed by atoms with van der Waals surface area (Å²) in [5, 5.41) is 3.64. The minimum atomic E-state index is -0.323. The average Bonchev–Trinajstić information content (AvgIpc) is 3.02. The van der Waals surface area contributed by atoms with Gasteiger partial charge >= 0.3 is 0 Å². The highest BCUT2D eigenvalue weighted by molar-refractivity contribution is 7.15. The summed E-state index contributed by atoms with van der Waals surface area (Å²) in [6.45, 7) is 7.04. The minimum absolute atomic E-state index is 0.0789. The van der Waals surface area contributed by atoms with Gasteiger partial charge in [0.15, 0.2) is 5.13 Å². The van der Waals surface area contributed by atoms with Crippen LogP contribution in [0.25, 0.3) is 0 Å². The first-order valence-electron chi connectivity index (χ1n) is 8.40. The molecule has 1 aliphatic heterocycles. The van der Waals surface area contributed by atoms with Crippen LogP contribution < -0.4 is 11.1 Å². The van der Waals surface area contributed by atoms with Crippen LogP contribution >= 0.6 is 11.3 Å². The second-order valence-electron chi connectivity index (χ2n) is 6.22. The van der Waals surface area contributed by atoms with Gasteiger partial charge in [0.05, 0.1) is 11.6 Å². The van der Waals surface area contributed by atoms with Crippen LogP contribution in [0.1, 0.15) is 36.0 Å². The van der Waals surface area contributed by atoms with Crippen LogP contribution in [0.15, 0.2) is 30.3 Å². The van der Waals surface area contributed by atoms with Crippen molar-refractivity contribution in [2.24, 2.45) is 11.7 Å². The Balaban J connectivity index is 1.66. The first kappa shape index (κ1) is 17.1. The van der Waals surface area contributed by atoms with Gasteiger partial charge in [-0.05, 0) is 12.1 Å². The molecule has 1 aromatic carbocycles. The van der Waals surface area contributed by atoms with Crippen LogP contribution in [0.2, 0.25) is 0 Å². The predicted octanol–water partition coefficient (Wildman–Crippen LogP) is 2.80. The fraction of sp³-hybridized carbons (Fsp3) is 0.444. The number of nitrogens with one attached hydrogen (secondary N) is 1. The number of amides is 1. The zero-order valence-electron chi connectivity index (χ0n) is 14.2. The maximum Gasteiger partial charge on any atom is 0.230 e. The summed E-state index contributed by atoms with van der Waals surface area (Å²) in [5.41, 5.74) is 8.34. The predicted molar refractivity (Wildman–Crippen MR) is 97.9 cm³/mol. The Bertz CT molecular complexity index is 700. The smallest absolute Gasteiger partial charge is 0.230 e. The molecule has 2 atom stereocenters. The number of thiazole rings is 1. The molecular formula is C18H24N4OS. The third-order valence-electron chi connectivity index (χ3n) is 4.62. The van der Waals surface area contributed by atoms with Gasteiger partial charge in [0.2, 0.25) is 5.91 Å². The van der Waals surface area contributed by atoms with Crippen LogP contribution in [0.3, 0.4) is 0 Å². The first-order chi connectivity index (χ1) is 11.6. The minimum Gasteiger partial charge on any atom is -0.323 e. The zero-order chi connectivity index (χ0) is 17.1. The Morgan fingerprint density at radius 1 is 1.42 bits per heavy atom. The van der Waals surface area contributed by atoms with Crippen LogP contribution in [0.5, 0.6) is 0 Å². The summed E-state index contributed by atoms with van der Waals surface area (Å²) in [4.78, 5) is 20.8. The van der Waals surface area contributed by atoms with Crippen LogP contribution in [0, 0.1) is 5.92 Å². The molecule has 0 bridgehead atoms. The lowest BCUT2D eigenvalue weighted by atomic mass is 9.95. The van der Waals surface area contributed by atoms with Crippen molar-refractivity contribution in [1.82, 2.24) is 9.88 Å². The molecule has 0 spiro atoms. The molecule has 1 aliphatic rings. The van der Waals surface area contributed by atoms with Gasteiger partial charge < -0.3 is 11.1 Å². The molecule has 6 heteroatoms. The first-order valence-corrected chi connectivity index (χ1v) is 9.22. The van der Waals surface area contributed by atoms with E-state index in [4.69, 9.17) is 5.73 Å². The van der Waals surface area contributed by atoms with Crippen molar-refractivity contribution in [3.63, 3.8) is 0 Å². The van der Waals surface area contributed by atoms with Gasteiger partial charge in [0.1, 0.15) is 0 Å². The molecule has 1 amide bonds. The Morgan fingerprint density at radius 3 is 2.88 bits per heavy atom. The second-order valence-corrected chi connectivity index (χ2v) is 7.31. The van der Waals surface area contributed by atoms with Crippen molar-refractivity contribution in [1.29, 1.82) is 0 Å². The maximum atomic E-state index is 12.5. The monoisotopic (exact) mass is 344 g/mol. The van der Waals surface area contributed by atoms with Crippen molar-refractivity contribution in [3.8, 4) is 0 Å². The molecule has 1 aromatic heterocycles. The molecule has 0 aliphatic carbocycles. The van der Waals surface area contributed by atoms with Gasteiger partial charge in [-0.25, -0.2) is 4.98 Å². The fourth-order valence-corrected chi connectivity index (χ4v) is 3.97. The summed E-state index contributed by atoms with van der Waals surface area (Å²) in [7, 11) is 0. The van der Waals surface area contributed by atoms with E-state index in [1.54, 1.807) is 11.3 Å². The van der Waals surface area contributed by atoms with E-state index in [-0.39, 0.29) is 17.9 Å². The van der Waals surface area contributed by atoms with Crippen LogP contribution in [-0.2, 0) is 17.8 Å². The van der Waals surface area contributed by atoms with E-state index in [1.165, 1.54) is 4.88 Å². The molecule has 2 aromatic rings. The van der Waals surface area contributed by atoms with Crippen molar-refractivity contribution in [2.45, 2.75) is 32.9 Å². The number of hydrogen-bond donors (Lipinski definition) is 2. The van der Waals surface area contributed by atoms with Gasteiger partial charge in [0, 0.05) is 30.4 Å². The molecule has 2 heterocycles. The summed E-state index contributed by atoms with van der Waals surface area (Å²) in [5.74, 6) is -0.398. The topological polar surface area (TPSA) is 71.2 Å². The van der Waals surface area contributed by atoms with E-state index >= 15 is 0 Å². The maximum absolute atomic E-state index is 12.5. The number of fused-ring (bicyclic) bond motifs is 1. The summed E-state index contributed by atoms with van der Waals surface area (Å²) >= 11 is 1.58. The highest BCUT2D eigenvalue weighted by atomic mass is 32.1. The SMILES string of the molecule is CCN1CCc2nc(NC(=O)C(C)C(N)c3ccccc3)sc2C1. The Kier molecular flexibility index (Phi) is 5.28. The highest BCUT2D eigenvalue weighted by Crippen LogP contribution is 2.29. The van der Waals surface area contributed by atoms with Gasteiger partial charge in [-0.15, -0.1) is 11.3 Å². The number of likely N-dealkylation sites (N-methyl/N-ethyl adjacent to an activating group) is 1. The van der Waals surface area contributed by atoms with Crippen LogP contribution in [-0.4, -0.2) is 28.9 Å². The summed E-state index contributed by atoms with van der Waals surface area (Å²) in [6.07, 6.45) is 0.953. The Morgan fingerprint density at radius 2 is 2.17 bits per heavy atom. The molecular weight excluding hydrogens is 320 g/mol. The van der Waals surface area contributed by atoms with Crippen molar-refractivity contribution in [2.75, 3.05) is 18.4 Å². The molecule has 0 radical (unpaired) electrons. The summed E-state index contributed by atoms with van der Waals surface area (Å²) < 4.78 is 0. The fourth-order valence-electron chi connectivity index (χ4n) is 2.92. The van der Waals surface area contributed by atoms with E-state index < -0.39 is 0 Å². The summed E-state index contributed by atoms with van der Waals surface area (Å²) in [6, 6.07) is 9.41. The number of rotatable bonds is 5. The number of carbonyl (C=O) groups is 1. The quantitative estimate of drug-likeness (QED) is 0.875. The van der Waals surface area contributed by atoms with Crippen molar-refractivity contribution in [3.05, 3.63) is 46.5 Å². The standard InChI is InChI=1S/C18H24N4OS/c1-3-22-10-9-14-15(11-22)24-18(20-14)21-17(23)12(2)16(19)13-7-5-4-6-8-13/h4-8,12,16H,3,9-11,19H2,1-2H3,(H,20,21,23). The lowest BCUT2D eigenvalue weighted by Gasteiger charge is -2.23. The van der Waals surface area contributed by atoms with E-state index in [9.17, 15) is 4.79 Å². The van der Waals surface area contributed by atoms with Gasteiger partial charge in [-0.2, -0.15) is 0 Å². The van der Waals surface area contributed by atoms with Gasteiger partial charge in [-0.3, -0.25) is 9.69 Å². The number of nitrogens with two attached hydrogens (primary N) is 1. The highest BCUT2D eigenvalue weighted by Gasteiger charge is 2.25. The second kappa shape index (κ2) is 7.42. The lowest BCUT2D eigenvalue weighted by Crippen LogP contribution is -2.30. The molecule has 0 saturated carbocycles. The number of aromatic nitrogens is 1. The number of carbonyl (C=O) groups excluding carboxylic acids is 1. The third kappa shape index (κ3) is 3.66. The molecule has 0 saturated heterocycles. The number of benzene rings is 1. The zero-order valence-corrected chi connectivity index (χ0v) is 15.0. The molecule has 2 unspecified atom stereocenters. The number of anilines is 1. The Hall–Kier alpha value is -1.76. The number of hydrogen-bond acceptors (Lipinski definition) is 5. The van der Waals surface area contributed by atoms with E-state index in [0.717, 1.165) is 37.3 Å². The Labute approximate surface area is 146 Å². The van der Waals surface area contributed by atoms with Gasteiger partial charge in [-0.1, -0.05) is 44.2 Å². The molecule has 3 rings (SSSR count). The third-order valence-corrected chi connectivity index (χ3v) is 5.62. The van der Waals surface area contributed by atoms with Crippen molar-refractivity contribution >= 4 is 22.4 Å². The molecule has 5 nitrogen and oxygen atoms in total. The lowest BCUT2D eigenvalue weighted by molar-refractivity contribution is -0.120. The van der Waals surface area contributed by atoms with Crippen molar-refractivity contribution < 1.29 is 4.79 Å². The van der Waals surface area contributed by atoms with E-state index in [1.807, 2.05) is 37.3 Å². The molecule has 128 valence electrons. The molecule has 3 N–H and O–H groups in total. The van der Waals surface area contributed by atoms with Crippen LogP contribution in [0.4, 0.5) is 5.13 Å². The molecule has 0 fully saturated rings. The van der Waals surface area contributed by atoms with E-state index in [0.29, 0.717) is 5.13 Å². The van der Waals surface area contributed by atoms with E-state index in [2.05, 4.69) is 22.1 Å².